The normalized spacial score (nSPS) is 13.8. The molecule has 1 saturated carbocycles. The highest BCUT2D eigenvalue weighted by molar-refractivity contribution is 6.08. The maximum Gasteiger partial charge on any atom is 0.228 e. The van der Waals surface area contributed by atoms with Gasteiger partial charge in [-0.2, -0.15) is 0 Å². The maximum absolute atomic E-state index is 12.1. The van der Waals surface area contributed by atoms with Gasteiger partial charge in [-0.3, -0.25) is 4.79 Å². The number of hydrogen-bond acceptors (Lipinski definition) is 5. The van der Waals surface area contributed by atoms with E-state index < -0.39 is 0 Å². The summed E-state index contributed by atoms with van der Waals surface area (Å²) in [5, 5.41) is 8.94. The van der Waals surface area contributed by atoms with Crippen LogP contribution in [-0.4, -0.2) is 32.9 Å². The summed E-state index contributed by atoms with van der Waals surface area (Å²) in [7, 11) is 1.83. The predicted molar refractivity (Wildman–Crippen MR) is 106 cm³/mol. The van der Waals surface area contributed by atoms with Crippen LogP contribution in [0.15, 0.2) is 43.0 Å². The number of H-pyrrole nitrogens is 1. The molecule has 0 unspecified atom stereocenters. The number of hydrogen-bond donors (Lipinski definition) is 3. The first kappa shape index (κ1) is 15.7. The lowest BCUT2D eigenvalue weighted by atomic mass is 10.0. The van der Waals surface area contributed by atoms with Crippen molar-refractivity contribution in [1.29, 1.82) is 0 Å². The molecule has 3 N–H and O–H groups in total. The number of nitrogens with zero attached hydrogens (tertiary/aromatic N) is 3. The first-order valence-corrected chi connectivity index (χ1v) is 8.94. The highest BCUT2D eigenvalue weighted by Crippen LogP contribution is 2.36. The van der Waals surface area contributed by atoms with Crippen LogP contribution in [0.3, 0.4) is 0 Å². The molecule has 0 atom stereocenters. The molecule has 27 heavy (non-hydrogen) atoms. The van der Waals surface area contributed by atoms with Gasteiger partial charge in [-0.15, -0.1) is 0 Å². The molecule has 0 aromatic carbocycles. The van der Waals surface area contributed by atoms with E-state index in [1.165, 1.54) is 0 Å². The van der Waals surface area contributed by atoms with Crippen molar-refractivity contribution in [2.24, 2.45) is 5.92 Å². The number of pyridine rings is 3. The van der Waals surface area contributed by atoms with Crippen LogP contribution in [0.4, 0.5) is 11.6 Å². The topological polar surface area (TPSA) is 95.6 Å². The Bertz CT molecular complexity index is 1180. The van der Waals surface area contributed by atoms with Gasteiger partial charge in [0.05, 0.1) is 0 Å². The second-order valence-electron chi connectivity index (χ2n) is 6.75. The molecule has 134 valence electrons. The Balaban J connectivity index is 1.69. The average molecular weight is 358 g/mol. The van der Waals surface area contributed by atoms with E-state index in [-0.39, 0.29) is 11.8 Å². The van der Waals surface area contributed by atoms with Crippen molar-refractivity contribution in [3.05, 3.63) is 43.0 Å². The van der Waals surface area contributed by atoms with Crippen molar-refractivity contribution in [1.82, 2.24) is 19.9 Å². The number of aromatic nitrogens is 4. The zero-order valence-corrected chi connectivity index (χ0v) is 14.8. The highest BCUT2D eigenvalue weighted by Gasteiger charge is 2.29. The Kier molecular flexibility index (Phi) is 3.53. The van der Waals surface area contributed by atoms with Crippen LogP contribution in [0.2, 0.25) is 0 Å². The molecule has 0 spiro atoms. The third kappa shape index (κ3) is 2.68. The molecule has 7 heteroatoms. The molecule has 0 bridgehead atoms. The number of amides is 1. The van der Waals surface area contributed by atoms with Crippen molar-refractivity contribution in [3.8, 4) is 11.1 Å². The molecule has 1 fully saturated rings. The zero-order chi connectivity index (χ0) is 18.4. The van der Waals surface area contributed by atoms with Crippen molar-refractivity contribution < 1.29 is 4.79 Å². The van der Waals surface area contributed by atoms with Crippen LogP contribution in [0.5, 0.6) is 0 Å². The lowest BCUT2D eigenvalue weighted by Crippen LogP contribution is -2.14. The van der Waals surface area contributed by atoms with E-state index in [1.54, 1.807) is 12.4 Å². The molecule has 0 aliphatic heterocycles. The minimum atomic E-state index is 0.0441. The summed E-state index contributed by atoms with van der Waals surface area (Å²) < 4.78 is 0. The molecule has 4 heterocycles. The van der Waals surface area contributed by atoms with Crippen LogP contribution in [0, 0.1) is 5.92 Å². The summed E-state index contributed by atoms with van der Waals surface area (Å²) in [6, 6.07) is 5.87. The smallest absolute Gasteiger partial charge is 0.228 e. The Labute approximate surface area is 155 Å². The Morgan fingerprint density at radius 3 is 2.81 bits per heavy atom. The minimum absolute atomic E-state index is 0.0441. The fraction of sp³-hybridized carbons (Fsp3) is 0.200. The van der Waals surface area contributed by atoms with E-state index in [2.05, 4.69) is 30.6 Å². The van der Waals surface area contributed by atoms with E-state index in [0.29, 0.717) is 5.82 Å². The molecule has 1 aliphatic rings. The van der Waals surface area contributed by atoms with Crippen LogP contribution in [0.1, 0.15) is 12.8 Å². The van der Waals surface area contributed by atoms with Crippen molar-refractivity contribution in [2.45, 2.75) is 12.8 Å². The second-order valence-corrected chi connectivity index (χ2v) is 6.75. The summed E-state index contributed by atoms with van der Waals surface area (Å²) in [6.07, 6.45) is 9.22. The van der Waals surface area contributed by atoms with E-state index in [9.17, 15) is 4.79 Å². The largest absolute Gasteiger partial charge is 0.373 e. The van der Waals surface area contributed by atoms with Gasteiger partial charge in [0.1, 0.15) is 17.3 Å². The Morgan fingerprint density at radius 1 is 1.11 bits per heavy atom. The molecule has 0 saturated heterocycles. The molecular weight excluding hydrogens is 340 g/mol. The zero-order valence-electron chi connectivity index (χ0n) is 14.8. The van der Waals surface area contributed by atoms with Gasteiger partial charge in [0.2, 0.25) is 5.91 Å². The van der Waals surface area contributed by atoms with Crippen molar-refractivity contribution in [3.63, 3.8) is 0 Å². The maximum atomic E-state index is 12.1. The van der Waals surface area contributed by atoms with E-state index in [4.69, 9.17) is 0 Å². The first-order valence-electron chi connectivity index (χ1n) is 8.94. The third-order valence-electron chi connectivity index (χ3n) is 4.95. The van der Waals surface area contributed by atoms with Gasteiger partial charge >= 0.3 is 0 Å². The summed E-state index contributed by atoms with van der Waals surface area (Å²) in [5.41, 5.74) is 2.81. The average Bonchev–Trinajstić information content (AvgIpc) is 3.47. The van der Waals surface area contributed by atoms with Crippen LogP contribution < -0.4 is 10.6 Å². The molecule has 1 amide bonds. The second kappa shape index (κ2) is 6.05. The number of carbonyl (C=O) groups excluding carboxylic acids is 1. The minimum Gasteiger partial charge on any atom is -0.373 e. The predicted octanol–water partition coefficient (Wildman–Crippen LogP) is 3.56. The third-order valence-corrected chi connectivity index (χ3v) is 4.95. The quantitative estimate of drug-likeness (QED) is 0.518. The molecular formula is C20H18N6O. The molecule has 7 nitrogen and oxygen atoms in total. The van der Waals surface area contributed by atoms with Gasteiger partial charge < -0.3 is 15.6 Å². The molecule has 4 aromatic heterocycles. The standard InChI is InChI=1S/C20H18N6O/c1-21-18-16-10-23-17(26-20(27)11-4-5-11)7-13(16)15(9-24-18)14-8-25-19-12(14)3-2-6-22-19/h2-3,6-11H,4-5H2,1H3,(H,21,24)(H,22,25)(H,23,26,27). The molecule has 4 aromatic rings. The number of rotatable bonds is 4. The molecule has 0 radical (unpaired) electrons. The van der Waals surface area contributed by atoms with Gasteiger partial charge in [-0.25, -0.2) is 15.0 Å². The fourth-order valence-corrected chi connectivity index (χ4v) is 3.37. The molecule has 1 aliphatic carbocycles. The number of fused-ring (bicyclic) bond motifs is 2. The van der Waals surface area contributed by atoms with Gasteiger partial charge in [0.15, 0.2) is 0 Å². The summed E-state index contributed by atoms with van der Waals surface area (Å²) in [6.45, 7) is 0. The summed E-state index contributed by atoms with van der Waals surface area (Å²) in [5.74, 6) is 1.49. The van der Waals surface area contributed by atoms with E-state index >= 15 is 0 Å². The molecule has 5 rings (SSSR count). The van der Waals surface area contributed by atoms with E-state index in [1.807, 2.05) is 37.6 Å². The summed E-state index contributed by atoms with van der Waals surface area (Å²) >= 11 is 0. The van der Waals surface area contributed by atoms with Crippen LogP contribution in [-0.2, 0) is 4.79 Å². The van der Waals surface area contributed by atoms with Crippen LogP contribution >= 0.6 is 0 Å². The Morgan fingerprint density at radius 2 is 2.00 bits per heavy atom. The number of carbonyl (C=O) groups is 1. The van der Waals surface area contributed by atoms with Crippen molar-refractivity contribution >= 4 is 39.3 Å². The SMILES string of the molecule is CNc1ncc(-c2c[nH]c3ncccc23)c2cc(NC(=O)C3CC3)ncc12. The fourth-order valence-electron chi connectivity index (χ4n) is 3.37. The number of nitrogens with one attached hydrogen (secondary N) is 3. The lowest BCUT2D eigenvalue weighted by Gasteiger charge is -2.11. The van der Waals surface area contributed by atoms with Crippen LogP contribution in [0.25, 0.3) is 32.9 Å². The van der Waals surface area contributed by atoms with Gasteiger partial charge in [-0.05, 0) is 31.0 Å². The first-order chi connectivity index (χ1) is 13.2. The number of aromatic amines is 1. The van der Waals surface area contributed by atoms with Gasteiger partial charge in [-0.1, -0.05) is 0 Å². The van der Waals surface area contributed by atoms with Gasteiger partial charge in [0, 0.05) is 65.0 Å². The Hall–Kier alpha value is -3.48. The highest BCUT2D eigenvalue weighted by atomic mass is 16.2. The van der Waals surface area contributed by atoms with E-state index in [0.717, 1.165) is 51.6 Å². The lowest BCUT2D eigenvalue weighted by molar-refractivity contribution is -0.117. The number of anilines is 2. The van der Waals surface area contributed by atoms with Crippen molar-refractivity contribution in [2.75, 3.05) is 17.7 Å². The monoisotopic (exact) mass is 358 g/mol. The van der Waals surface area contributed by atoms with Gasteiger partial charge in [0.25, 0.3) is 0 Å². The summed E-state index contributed by atoms with van der Waals surface area (Å²) in [4.78, 5) is 28.7.